The Labute approximate surface area is 164 Å². The predicted octanol–water partition coefficient (Wildman–Crippen LogP) is 2.52. The largest absolute Gasteiger partial charge is 0.497 e. The van der Waals surface area contributed by atoms with Crippen molar-refractivity contribution in [2.45, 2.75) is 24.4 Å². The average molecular weight is 401 g/mol. The number of nitrogens with zero attached hydrogens (tertiary/aromatic N) is 2. The molecule has 28 heavy (non-hydrogen) atoms. The minimum Gasteiger partial charge on any atom is -0.497 e. The summed E-state index contributed by atoms with van der Waals surface area (Å²) in [5, 5.41) is 6.19. The van der Waals surface area contributed by atoms with Crippen molar-refractivity contribution in [2.75, 3.05) is 14.2 Å². The molecule has 3 rings (SSSR count). The fourth-order valence-electron chi connectivity index (χ4n) is 3.09. The van der Waals surface area contributed by atoms with E-state index in [-0.39, 0.29) is 23.4 Å². The highest BCUT2D eigenvalue weighted by atomic mass is 32.2. The Bertz CT molecular complexity index is 1120. The number of amides is 1. The number of aromatic nitrogens is 1. The fraction of sp³-hybridized carbons (Fsp3) is 0.250. The highest BCUT2D eigenvalue weighted by Gasteiger charge is 2.20. The first-order chi connectivity index (χ1) is 13.2. The predicted molar refractivity (Wildman–Crippen MR) is 107 cm³/mol. The van der Waals surface area contributed by atoms with Crippen LogP contribution in [0.2, 0.25) is 0 Å². The molecular formula is C20H23N3O4S. The molecule has 0 saturated carbocycles. The number of rotatable bonds is 6. The van der Waals surface area contributed by atoms with Gasteiger partial charge in [-0.15, -0.1) is 0 Å². The van der Waals surface area contributed by atoms with Crippen LogP contribution in [-0.2, 0) is 21.4 Å². The lowest BCUT2D eigenvalue weighted by molar-refractivity contribution is -0.132. The third kappa shape index (κ3) is 4.02. The van der Waals surface area contributed by atoms with E-state index in [1.165, 1.54) is 12.1 Å². The Balaban J connectivity index is 1.79. The zero-order valence-corrected chi connectivity index (χ0v) is 16.8. The Morgan fingerprint density at radius 2 is 1.96 bits per heavy atom. The van der Waals surface area contributed by atoms with Gasteiger partial charge >= 0.3 is 0 Å². The van der Waals surface area contributed by atoms with Gasteiger partial charge in [-0.05, 0) is 48.9 Å². The molecule has 1 unspecified atom stereocenters. The second-order valence-corrected chi connectivity index (χ2v) is 8.23. The minimum atomic E-state index is -3.79. The first kappa shape index (κ1) is 19.9. The zero-order chi connectivity index (χ0) is 20.5. The van der Waals surface area contributed by atoms with E-state index >= 15 is 0 Å². The highest BCUT2D eigenvalue weighted by Crippen LogP contribution is 2.24. The van der Waals surface area contributed by atoms with Gasteiger partial charge in [0, 0.05) is 24.1 Å². The molecule has 0 saturated heterocycles. The summed E-state index contributed by atoms with van der Waals surface area (Å²) < 4.78 is 30.3. The fourth-order valence-corrected chi connectivity index (χ4v) is 3.66. The van der Waals surface area contributed by atoms with Crippen LogP contribution in [0.3, 0.4) is 0 Å². The molecule has 8 heteroatoms. The Morgan fingerprint density at radius 1 is 1.21 bits per heavy atom. The molecule has 1 heterocycles. The molecule has 7 nitrogen and oxygen atoms in total. The normalized spacial score (nSPS) is 12.7. The quantitative estimate of drug-likeness (QED) is 0.687. The lowest BCUT2D eigenvalue weighted by atomic mass is 10.1. The van der Waals surface area contributed by atoms with Crippen molar-refractivity contribution in [1.29, 1.82) is 0 Å². The second kappa shape index (κ2) is 7.65. The van der Waals surface area contributed by atoms with Gasteiger partial charge in [-0.1, -0.05) is 12.1 Å². The number of benzene rings is 2. The van der Waals surface area contributed by atoms with Gasteiger partial charge in [0.1, 0.15) is 12.3 Å². The van der Waals surface area contributed by atoms with Crippen LogP contribution in [0.15, 0.2) is 59.6 Å². The molecule has 0 aliphatic rings. The summed E-state index contributed by atoms with van der Waals surface area (Å²) >= 11 is 0. The van der Waals surface area contributed by atoms with Crippen LogP contribution in [0.4, 0.5) is 0 Å². The van der Waals surface area contributed by atoms with Gasteiger partial charge in [0.25, 0.3) is 0 Å². The standard InChI is InChI=1S/C20H23N3O4S/c1-14(15-5-4-6-18(12-15)28(21,25)26)22(2)20(24)13-23-10-9-16-11-17(27-3)7-8-19(16)23/h4-12,14H,13H2,1-3H3,(H2,21,25,26). The molecule has 3 aromatic rings. The number of ether oxygens (including phenoxy) is 1. The molecule has 0 spiro atoms. The van der Waals surface area contributed by atoms with Crippen molar-refractivity contribution in [3.8, 4) is 5.75 Å². The lowest BCUT2D eigenvalue weighted by Gasteiger charge is -2.26. The monoisotopic (exact) mass is 401 g/mol. The van der Waals surface area contributed by atoms with Crippen LogP contribution in [0.1, 0.15) is 18.5 Å². The number of hydrogen-bond acceptors (Lipinski definition) is 4. The van der Waals surface area contributed by atoms with Gasteiger partial charge in [0.15, 0.2) is 0 Å². The Kier molecular flexibility index (Phi) is 5.44. The molecular weight excluding hydrogens is 378 g/mol. The summed E-state index contributed by atoms with van der Waals surface area (Å²) in [4.78, 5) is 14.4. The number of sulfonamides is 1. The molecule has 2 N–H and O–H groups in total. The molecule has 1 amide bonds. The van der Waals surface area contributed by atoms with Crippen molar-refractivity contribution in [3.63, 3.8) is 0 Å². The van der Waals surface area contributed by atoms with Crippen LogP contribution >= 0.6 is 0 Å². The van der Waals surface area contributed by atoms with E-state index in [1.807, 2.05) is 42.0 Å². The zero-order valence-electron chi connectivity index (χ0n) is 16.0. The molecule has 1 atom stereocenters. The van der Waals surface area contributed by atoms with E-state index in [9.17, 15) is 13.2 Å². The Morgan fingerprint density at radius 3 is 2.64 bits per heavy atom. The van der Waals surface area contributed by atoms with E-state index in [0.717, 1.165) is 16.7 Å². The van der Waals surface area contributed by atoms with Crippen LogP contribution in [0.25, 0.3) is 10.9 Å². The molecule has 0 aliphatic carbocycles. The SMILES string of the molecule is COc1ccc2c(ccn2CC(=O)N(C)C(C)c2cccc(S(N)(=O)=O)c2)c1. The van der Waals surface area contributed by atoms with Gasteiger partial charge in [-0.3, -0.25) is 4.79 Å². The van der Waals surface area contributed by atoms with E-state index in [0.29, 0.717) is 5.56 Å². The number of methoxy groups -OCH3 is 1. The number of likely N-dealkylation sites (N-methyl/N-ethyl adjacent to an activating group) is 1. The van der Waals surface area contributed by atoms with Crippen LogP contribution in [0, 0.1) is 0 Å². The van der Waals surface area contributed by atoms with E-state index < -0.39 is 10.0 Å². The number of hydrogen-bond donors (Lipinski definition) is 1. The molecule has 0 aliphatic heterocycles. The summed E-state index contributed by atoms with van der Waals surface area (Å²) in [6.45, 7) is 2.02. The maximum atomic E-state index is 12.8. The van der Waals surface area contributed by atoms with E-state index in [4.69, 9.17) is 9.88 Å². The first-order valence-electron chi connectivity index (χ1n) is 8.72. The first-order valence-corrected chi connectivity index (χ1v) is 10.3. The van der Waals surface area contributed by atoms with E-state index in [1.54, 1.807) is 31.2 Å². The van der Waals surface area contributed by atoms with Crippen LogP contribution in [0.5, 0.6) is 5.75 Å². The summed E-state index contributed by atoms with van der Waals surface area (Å²) in [6.07, 6.45) is 1.86. The van der Waals surface area contributed by atoms with Gasteiger partial charge in [-0.2, -0.15) is 0 Å². The second-order valence-electron chi connectivity index (χ2n) is 6.67. The molecule has 0 bridgehead atoms. The summed E-state index contributed by atoms with van der Waals surface area (Å²) in [5.74, 6) is 0.666. The molecule has 0 radical (unpaired) electrons. The van der Waals surface area contributed by atoms with Crippen molar-refractivity contribution in [2.24, 2.45) is 5.14 Å². The van der Waals surface area contributed by atoms with Crippen molar-refractivity contribution in [1.82, 2.24) is 9.47 Å². The van der Waals surface area contributed by atoms with Gasteiger partial charge in [0.2, 0.25) is 15.9 Å². The number of carbonyl (C=O) groups excluding carboxylic acids is 1. The number of primary sulfonamides is 1. The van der Waals surface area contributed by atoms with Crippen molar-refractivity contribution >= 4 is 26.8 Å². The van der Waals surface area contributed by atoms with Gasteiger partial charge in [-0.25, -0.2) is 13.6 Å². The topological polar surface area (TPSA) is 94.6 Å². The molecule has 0 fully saturated rings. The van der Waals surface area contributed by atoms with Crippen molar-refractivity contribution in [3.05, 3.63) is 60.3 Å². The average Bonchev–Trinajstić information content (AvgIpc) is 3.08. The maximum Gasteiger partial charge on any atom is 0.242 e. The lowest BCUT2D eigenvalue weighted by Crippen LogP contribution is -2.32. The molecule has 148 valence electrons. The van der Waals surface area contributed by atoms with Crippen LogP contribution < -0.4 is 9.88 Å². The third-order valence-electron chi connectivity index (χ3n) is 4.93. The van der Waals surface area contributed by atoms with Gasteiger partial charge < -0.3 is 14.2 Å². The number of carbonyl (C=O) groups is 1. The highest BCUT2D eigenvalue weighted by molar-refractivity contribution is 7.89. The summed E-state index contributed by atoms with van der Waals surface area (Å²) in [5.41, 5.74) is 1.64. The summed E-state index contributed by atoms with van der Waals surface area (Å²) in [7, 11) is -0.480. The van der Waals surface area contributed by atoms with Crippen LogP contribution in [-0.4, -0.2) is 37.9 Å². The van der Waals surface area contributed by atoms with E-state index in [2.05, 4.69) is 0 Å². The molecule has 2 aromatic carbocycles. The van der Waals surface area contributed by atoms with Gasteiger partial charge in [0.05, 0.1) is 18.0 Å². The number of nitrogens with two attached hydrogens (primary N) is 1. The van der Waals surface area contributed by atoms with Crippen molar-refractivity contribution < 1.29 is 17.9 Å². The maximum absolute atomic E-state index is 12.8. The number of fused-ring (bicyclic) bond motifs is 1. The summed E-state index contributed by atoms with van der Waals surface area (Å²) in [6, 6.07) is 13.7. The third-order valence-corrected chi connectivity index (χ3v) is 5.84. The molecule has 1 aromatic heterocycles. The Hall–Kier alpha value is -2.84. The minimum absolute atomic E-state index is 0.0306. The smallest absolute Gasteiger partial charge is 0.242 e.